The number of hydrogen-bond acceptors (Lipinski definition) is 5. The molecule has 0 aromatic heterocycles. The lowest BCUT2D eigenvalue weighted by Crippen LogP contribution is -2.53. The molecule has 0 spiro atoms. The molecule has 3 amide bonds. The topological polar surface area (TPSA) is 84.9 Å². The summed E-state index contributed by atoms with van der Waals surface area (Å²) in [6, 6.07) is 4.72. The Morgan fingerprint density at radius 1 is 1.15 bits per heavy atom. The minimum Gasteiger partial charge on any atom is -0.497 e. The quantitative estimate of drug-likeness (QED) is 0.774. The number of piperazine rings is 1. The molecular weight excluding hydrogens is 264 g/mol. The number of carbonyl (C=O) groups is 3. The van der Waals surface area contributed by atoms with Crippen LogP contribution in [-0.4, -0.2) is 49.9 Å². The Balaban J connectivity index is 2.28. The van der Waals surface area contributed by atoms with Gasteiger partial charge in [-0.05, 0) is 12.1 Å². The Bertz CT molecular complexity index is 554. The van der Waals surface area contributed by atoms with E-state index in [9.17, 15) is 14.4 Å². The second-order valence-electron chi connectivity index (χ2n) is 4.20. The van der Waals surface area contributed by atoms with Gasteiger partial charge in [0.25, 0.3) is 5.91 Å². The summed E-state index contributed by atoms with van der Waals surface area (Å²) in [4.78, 5) is 36.1. The van der Waals surface area contributed by atoms with Gasteiger partial charge in [0.1, 0.15) is 24.6 Å². The molecule has 1 aromatic carbocycles. The summed E-state index contributed by atoms with van der Waals surface area (Å²) in [5, 5.41) is 2.14. The van der Waals surface area contributed by atoms with Crippen molar-refractivity contribution in [1.82, 2.24) is 10.2 Å². The van der Waals surface area contributed by atoms with E-state index in [2.05, 4.69) is 5.32 Å². The first-order valence-electron chi connectivity index (χ1n) is 5.89. The molecule has 106 valence electrons. The van der Waals surface area contributed by atoms with Crippen molar-refractivity contribution in [3.8, 4) is 11.5 Å². The summed E-state index contributed by atoms with van der Waals surface area (Å²) in [5.41, 5.74) is 0.274. The SMILES string of the molecule is COc1ccc(C(=O)N2CC(=O)NC(=O)C2)c(OC)c1. The van der Waals surface area contributed by atoms with Crippen molar-refractivity contribution < 1.29 is 23.9 Å². The van der Waals surface area contributed by atoms with Crippen LogP contribution in [0.2, 0.25) is 0 Å². The van der Waals surface area contributed by atoms with E-state index in [0.29, 0.717) is 11.5 Å². The Hall–Kier alpha value is -2.57. The van der Waals surface area contributed by atoms with Crippen LogP contribution in [0.4, 0.5) is 0 Å². The third-order valence-corrected chi connectivity index (χ3v) is 2.87. The van der Waals surface area contributed by atoms with Gasteiger partial charge < -0.3 is 14.4 Å². The molecule has 0 aliphatic carbocycles. The maximum absolute atomic E-state index is 12.3. The minimum absolute atomic E-state index is 0.153. The number of rotatable bonds is 3. The molecule has 1 aliphatic rings. The highest BCUT2D eigenvalue weighted by molar-refractivity contribution is 6.06. The van der Waals surface area contributed by atoms with Crippen LogP contribution in [0.1, 0.15) is 10.4 Å². The molecular formula is C13H14N2O5. The molecule has 7 heteroatoms. The number of ether oxygens (including phenoxy) is 2. The van der Waals surface area contributed by atoms with E-state index in [1.807, 2.05) is 0 Å². The molecule has 0 bridgehead atoms. The number of amides is 3. The molecule has 20 heavy (non-hydrogen) atoms. The maximum atomic E-state index is 12.3. The van der Waals surface area contributed by atoms with E-state index in [1.165, 1.54) is 25.2 Å². The summed E-state index contributed by atoms with van der Waals surface area (Å²) < 4.78 is 10.2. The van der Waals surface area contributed by atoms with Crippen LogP contribution in [0.25, 0.3) is 0 Å². The fraction of sp³-hybridized carbons (Fsp3) is 0.308. The van der Waals surface area contributed by atoms with Gasteiger partial charge in [-0.25, -0.2) is 0 Å². The van der Waals surface area contributed by atoms with E-state index in [1.54, 1.807) is 12.1 Å². The zero-order valence-corrected chi connectivity index (χ0v) is 11.1. The summed E-state index contributed by atoms with van der Waals surface area (Å²) in [6.07, 6.45) is 0. The molecule has 1 fully saturated rings. The van der Waals surface area contributed by atoms with Crippen molar-refractivity contribution in [3.63, 3.8) is 0 Å². The van der Waals surface area contributed by atoms with E-state index in [0.717, 1.165) is 0 Å². The number of imide groups is 1. The number of nitrogens with zero attached hydrogens (tertiary/aromatic N) is 1. The van der Waals surface area contributed by atoms with Gasteiger partial charge in [-0.2, -0.15) is 0 Å². The number of nitrogens with one attached hydrogen (secondary N) is 1. The van der Waals surface area contributed by atoms with Gasteiger partial charge in [0.15, 0.2) is 0 Å². The number of benzene rings is 1. The molecule has 1 aromatic rings. The van der Waals surface area contributed by atoms with Crippen molar-refractivity contribution in [2.45, 2.75) is 0 Å². The summed E-state index contributed by atoms with van der Waals surface area (Å²) >= 11 is 0. The van der Waals surface area contributed by atoms with Gasteiger partial charge in [-0.3, -0.25) is 19.7 Å². The maximum Gasteiger partial charge on any atom is 0.258 e. The molecule has 1 heterocycles. The highest BCUT2D eigenvalue weighted by Gasteiger charge is 2.28. The van der Waals surface area contributed by atoms with Crippen LogP contribution in [0.15, 0.2) is 18.2 Å². The Morgan fingerprint density at radius 3 is 2.35 bits per heavy atom. The normalized spacial score (nSPS) is 14.8. The molecule has 1 aliphatic heterocycles. The third-order valence-electron chi connectivity index (χ3n) is 2.87. The standard InChI is InChI=1S/C13H14N2O5/c1-19-8-3-4-9(10(5-8)20-2)13(18)15-6-11(16)14-12(17)7-15/h3-5H,6-7H2,1-2H3,(H,14,16,17). The lowest BCUT2D eigenvalue weighted by Gasteiger charge is -2.26. The second-order valence-corrected chi connectivity index (χ2v) is 4.20. The largest absolute Gasteiger partial charge is 0.497 e. The second kappa shape index (κ2) is 5.60. The van der Waals surface area contributed by atoms with Crippen LogP contribution < -0.4 is 14.8 Å². The van der Waals surface area contributed by atoms with Crippen LogP contribution in [0.3, 0.4) is 0 Å². The van der Waals surface area contributed by atoms with Gasteiger partial charge in [-0.15, -0.1) is 0 Å². The fourth-order valence-corrected chi connectivity index (χ4v) is 1.93. The van der Waals surface area contributed by atoms with Gasteiger partial charge in [0, 0.05) is 6.07 Å². The van der Waals surface area contributed by atoms with Gasteiger partial charge >= 0.3 is 0 Å². The van der Waals surface area contributed by atoms with E-state index >= 15 is 0 Å². The first-order chi connectivity index (χ1) is 9.55. The lowest BCUT2D eigenvalue weighted by molar-refractivity contribution is -0.135. The van der Waals surface area contributed by atoms with Crippen molar-refractivity contribution in [3.05, 3.63) is 23.8 Å². The third kappa shape index (κ3) is 2.71. The number of methoxy groups -OCH3 is 2. The van der Waals surface area contributed by atoms with Crippen LogP contribution in [0, 0.1) is 0 Å². The summed E-state index contributed by atoms with van der Waals surface area (Å²) in [7, 11) is 2.93. The zero-order valence-electron chi connectivity index (χ0n) is 11.1. The molecule has 1 N–H and O–H groups in total. The predicted octanol–water partition coefficient (Wildman–Crippen LogP) is -0.198. The molecule has 0 unspecified atom stereocenters. The van der Waals surface area contributed by atoms with Gasteiger partial charge in [0.05, 0.1) is 19.8 Å². The fourth-order valence-electron chi connectivity index (χ4n) is 1.93. The van der Waals surface area contributed by atoms with Gasteiger partial charge in [-0.1, -0.05) is 0 Å². The first kappa shape index (κ1) is 13.9. The van der Waals surface area contributed by atoms with Gasteiger partial charge in [0.2, 0.25) is 11.8 Å². The Kier molecular flexibility index (Phi) is 3.88. The number of carbonyl (C=O) groups excluding carboxylic acids is 3. The van der Waals surface area contributed by atoms with Crippen molar-refractivity contribution in [2.24, 2.45) is 0 Å². The highest BCUT2D eigenvalue weighted by atomic mass is 16.5. The average molecular weight is 278 g/mol. The Labute approximate surface area is 115 Å². The van der Waals surface area contributed by atoms with Crippen LogP contribution in [0.5, 0.6) is 11.5 Å². The van der Waals surface area contributed by atoms with E-state index in [4.69, 9.17) is 9.47 Å². The first-order valence-corrected chi connectivity index (χ1v) is 5.89. The smallest absolute Gasteiger partial charge is 0.258 e. The lowest BCUT2D eigenvalue weighted by atomic mass is 10.1. The average Bonchev–Trinajstić information content (AvgIpc) is 2.44. The van der Waals surface area contributed by atoms with E-state index in [-0.39, 0.29) is 18.7 Å². The summed E-state index contributed by atoms with van der Waals surface area (Å²) in [5.74, 6) is -0.560. The monoisotopic (exact) mass is 278 g/mol. The molecule has 0 saturated carbocycles. The number of hydrogen-bond donors (Lipinski definition) is 1. The minimum atomic E-state index is -0.498. The summed E-state index contributed by atoms with van der Waals surface area (Å²) in [6.45, 7) is -0.306. The van der Waals surface area contributed by atoms with Crippen molar-refractivity contribution in [1.29, 1.82) is 0 Å². The molecule has 7 nitrogen and oxygen atoms in total. The molecule has 0 atom stereocenters. The van der Waals surface area contributed by atoms with E-state index < -0.39 is 17.7 Å². The van der Waals surface area contributed by atoms with Crippen LogP contribution >= 0.6 is 0 Å². The predicted molar refractivity (Wildman–Crippen MR) is 68.6 cm³/mol. The van der Waals surface area contributed by atoms with Crippen molar-refractivity contribution in [2.75, 3.05) is 27.3 Å². The zero-order chi connectivity index (χ0) is 14.7. The van der Waals surface area contributed by atoms with Crippen molar-refractivity contribution >= 4 is 17.7 Å². The molecule has 1 saturated heterocycles. The molecule has 0 radical (unpaired) electrons. The molecule has 2 rings (SSSR count). The highest BCUT2D eigenvalue weighted by Crippen LogP contribution is 2.25. The Morgan fingerprint density at radius 2 is 1.80 bits per heavy atom. The van der Waals surface area contributed by atoms with Crippen LogP contribution in [-0.2, 0) is 9.59 Å².